The van der Waals surface area contributed by atoms with Crippen LogP contribution in [0.15, 0.2) is 27.4 Å². The van der Waals surface area contributed by atoms with E-state index in [4.69, 9.17) is 4.42 Å². The minimum atomic E-state index is -3.38. The van der Waals surface area contributed by atoms with Crippen molar-refractivity contribution in [3.05, 3.63) is 39.7 Å². The number of hydrogen-bond donors (Lipinski definition) is 3. The van der Waals surface area contributed by atoms with Gasteiger partial charge in [0.1, 0.15) is 11.3 Å². The summed E-state index contributed by atoms with van der Waals surface area (Å²) >= 11 is 0. The lowest BCUT2D eigenvalue weighted by molar-refractivity contribution is -0.121. The molecule has 1 aliphatic heterocycles. The zero-order valence-electron chi connectivity index (χ0n) is 13.4. The monoisotopic (exact) mass is 367 g/mol. The van der Waals surface area contributed by atoms with Gasteiger partial charge >= 0.3 is 5.63 Å². The number of carbonyl (C=O) groups excluding carboxylic acids is 1. The molecule has 1 aromatic heterocycles. The number of rotatable bonds is 3. The quantitative estimate of drug-likeness (QED) is 0.630. The highest BCUT2D eigenvalue weighted by atomic mass is 32.2. The van der Waals surface area contributed by atoms with Crippen LogP contribution in [0, 0.1) is 6.92 Å². The van der Waals surface area contributed by atoms with Crippen molar-refractivity contribution in [2.24, 2.45) is 0 Å². The van der Waals surface area contributed by atoms with Crippen LogP contribution in [0.3, 0.4) is 0 Å². The SMILES string of the molecule is Cc1c(CC(=O)N[C@@H]2CS(=O)(=O)C[C@H]2O)c(=O)oc2cc(O)ccc12. The van der Waals surface area contributed by atoms with Crippen molar-refractivity contribution in [1.29, 1.82) is 0 Å². The first-order chi connectivity index (χ1) is 11.7. The lowest BCUT2D eigenvalue weighted by Crippen LogP contribution is -2.43. The van der Waals surface area contributed by atoms with Gasteiger partial charge < -0.3 is 19.9 Å². The van der Waals surface area contributed by atoms with Crippen LogP contribution in [0.2, 0.25) is 0 Å². The molecule has 9 heteroatoms. The van der Waals surface area contributed by atoms with E-state index in [0.29, 0.717) is 10.9 Å². The fraction of sp³-hybridized carbons (Fsp3) is 0.375. The second-order valence-corrected chi connectivity index (χ2v) is 8.32. The molecule has 2 heterocycles. The Hall–Kier alpha value is -2.39. The number of aliphatic hydroxyl groups excluding tert-OH is 1. The Morgan fingerprint density at radius 3 is 2.72 bits per heavy atom. The molecule has 0 radical (unpaired) electrons. The van der Waals surface area contributed by atoms with Crippen molar-refractivity contribution >= 4 is 26.7 Å². The molecular formula is C16H17NO7S. The van der Waals surface area contributed by atoms with Crippen LogP contribution in [-0.2, 0) is 21.1 Å². The summed E-state index contributed by atoms with van der Waals surface area (Å²) in [6.45, 7) is 1.66. The van der Waals surface area contributed by atoms with Gasteiger partial charge in [0, 0.05) is 11.5 Å². The molecule has 1 fully saturated rings. The average Bonchev–Trinajstić information content (AvgIpc) is 2.75. The largest absolute Gasteiger partial charge is 0.508 e. The number of phenols is 1. The van der Waals surface area contributed by atoms with E-state index < -0.39 is 39.3 Å². The van der Waals surface area contributed by atoms with E-state index in [1.54, 1.807) is 13.0 Å². The van der Waals surface area contributed by atoms with Crippen molar-refractivity contribution in [3.63, 3.8) is 0 Å². The predicted molar refractivity (Wildman–Crippen MR) is 89.2 cm³/mol. The van der Waals surface area contributed by atoms with Crippen LogP contribution in [0.4, 0.5) is 0 Å². The third kappa shape index (κ3) is 3.52. The predicted octanol–water partition coefficient (Wildman–Crippen LogP) is -0.376. The van der Waals surface area contributed by atoms with Crippen LogP contribution in [0.25, 0.3) is 11.0 Å². The second-order valence-electron chi connectivity index (χ2n) is 6.17. The normalized spacial score (nSPS) is 22.2. The van der Waals surface area contributed by atoms with E-state index in [0.717, 1.165) is 0 Å². The Morgan fingerprint density at radius 2 is 2.08 bits per heavy atom. The van der Waals surface area contributed by atoms with Crippen LogP contribution in [0.5, 0.6) is 5.75 Å². The van der Waals surface area contributed by atoms with Crippen LogP contribution in [0.1, 0.15) is 11.1 Å². The van der Waals surface area contributed by atoms with Crippen molar-refractivity contribution < 1.29 is 27.8 Å². The third-order valence-electron chi connectivity index (χ3n) is 4.28. The number of amides is 1. The Bertz CT molecular complexity index is 1010. The van der Waals surface area contributed by atoms with Crippen LogP contribution >= 0.6 is 0 Å². The zero-order valence-corrected chi connectivity index (χ0v) is 14.2. The number of aryl methyl sites for hydroxylation is 1. The number of benzene rings is 1. The Morgan fingerprint density at radius 1 is 1.36 bits per heavy atom. The molecule has 3 N–H and O–H groups in total. The van der Waals surface area contributed by atoms with Gasteiger partial charge in [-0.25, -0.2) is 13.2 Å². The molecular weight excluding hydrogens is 350 g/mol. The van der Waals surface area contributed by atoms with Crippen LogP contribution < -0.4 is 10.9 Å². The van der Waals surface area contributed by atoms with E-state index in [9.17, 15) is 28.2 Å². The van der Waals surface area contributed by atoms with Gasteiger partial charge in [0.05, 0.1) is 35.6 Å². The van der Waals surface area contributed by atoms with Gasteiger partial charge in [-0.15, -0.1) is 0 Å². The number of aliphatic hydroxyl groups is 1. The smallest absolute Gasteiger partial charge is 0.340 e. The number of hydrogen-bond acceptors (Lipinski definition) is 7. The van der Waals surface area contributed by atoms with Gasteiger partial charge in [0.25, 0.3) is 0 Å². The summed E-state index contributed by atoms with van der Waals surface area (Å²) in [5.41, 5.74) is 0.196. The van der Waals surface area contributed by atoms with Crippen molar-refractivity contribution in [2.45, 2.75) is 25.5 Å². The highest BCUT2D eigenvalue weighted by Gasteiger charge is 2.37. The molecule has 1 aromatic carbocycles. The summed E-state index contributed by atoms with van der Waals surface area (Å²) in [5.74, 6) is -1.34. The Balaban J connectivity index is 1.84. The summed E-state index contributed by atoms with van der Waals surface area (Å²) in [4.78, 5) is 24.3. The molecule has 8 nitrogen and oxygen atoms in total. The fourth-order valence-electron chi connectivity index (χ4n) is 2.97. The number of aromatic hydroxyl groups is 1. The molecule has 2 atom stereocenters. The second kappa shape index (κ2) is 6.16. The van der Waals surface area contributed by atoms with Crippen LogP contribution in [-0.4, -0.2) is 48.2 Å². The molecule has 1 aliphatic rings. The minimum Gasteiger partial charge on any atom is -0.508 e. The molecule has 0 unspecified atom stereocenters. The van der Waals surface area contributed by atoms with Crippen molar-refractivity contribution in [1.82, 2.24) is 5.32 Å². The van der Waals surface area contributed by atoms with Gasteiger partial charge in [-0.2, -0.15) is 0 Å². The molecule has 2 aromatic rings. The molecule has 134 valence electrons. The number of sulfone groups is 1. The molecule has 0 aliphatic carbocycles. The maximum absolute atomic E-state index is 12.2. The molecule has 0 bridgehead atoms. The summed E-state index contributed by atoms with van der Waals surface area (Å²) in [7, 11) is -3.38. The van der Waals surface area contributed by atoms with E-state index in [-0.39, 0.29) is 29.1 Å². The highest BCUT2D eigenvalue weighted by molar-refractivity contribution is 7.91. The van der Waals surface area contributed by atoms with E-state index >= 15 is 0 Å². The summed E-state index contributed by atoms with van der Waals surface area (Å²) in [6, 6.07) is 3.45. The first kappa shape index (κ1) is 17.4. The molecule has 25 heavy (non-hydrogen) atoms. The van der Waals surface area contributed by atoms with E-state index in [1.165, 1.54) is 12.1 Å². The standard InChI is InChI=1S/C16H17NO7S/c1-8-10-3-2-9(18)4-14(10)24-16(21)11(8)5-15(20)17-12-6-25(22,23)7-13(12)19/h2-4,12-13,18-19H,5-7H2,1H3,(H,17,20)/t12-,13-/m1/s1. The van der Waals surface area contributed by atoms with Gasteiger partial charge in [0.2, 0.25) is 5.91 Å². The van der Waals surface area contributed by atoms with Crippen molar-refractivity contribution in [3.8, 4) is 5.75 Å². The Kier molecular flexibility index (Phi) is 4.29. The average molecular weight is 367 g/mol. The number of nitrogens with one attached hydrogen (secondary N) is 1. The maximum Gasteiger partial charge on any atom is 0.340 e. The Labute approximate surface area is 143 Å². The first-order valence-electron chi connectivity index (χ1n) is 7.59. The topological polar surface area (TPSA) is 134 Å². The van der Waals surface area contributed by atoms with E-state index in [1.807, 2.05) is 0 Å². The van der Waals surface area contributed by atoms with Gasteiger partial charge in [0.15, 0.2) is 9.84 Å². The summed E-state index contributed by atoms with van der Waals surface area (Å²) < 4.78 is 28.1. The van der Waals surface area contributed by atoms with E-state index in [2.05, 4.69) is 5.32 Å². The lowest BCUT2D eigenvalue weighted by Gasteiger charge is -2.15. The lowest BCUT2D eigenvalue weighted by atomic mass is 10.0. The number of carbonyl (C=O) groups is 1. The number of fused-ring (bicyclic) bond motifs is 1. The molecule has 1 amide bonds. The third-order valence-corrected chi connectivity index (χ3v) is 5.99. The zero-order chi connectivity index (χ0) is 18.4. The van der Waals surface area contributed by atoms with Gasteiger partial charge in [-0.05, 0) is 24.6 Å². The van der Waals surface area contributed by atoms with Gasteiger partial charge in [-0.1, -0.05) is 0 Å². The van der Waals surface area contributed by atoms with Gasteiger partial charge in [-0.3, -0.25) is 4.79 Å². The summed E-state index contributed by atoms with van der Waals surface area (Å²) in [6.07, 6.45) is -1.46. The molecule has 0 saturated carbocycles. The molecule has 0 spiro atoms. The summed E-state index contributed by atoms with van der Waals surface area (Å²) in [5, 5.41) is 22.2. The fourth-order valence-corrected chi connectivity index (χ4v) is 4.71. The first-order valence-corrected chi connectivity index (χ1v) is 9.41. The molecule has 1 saturated heterocycles. The highest BCUT2D eigenvalue weighted by Crippen LogP contribution is 2.23. The molecule has 3 rings (SSSR count). The minimum absolute atomic E-state index is 0.0445. The van der Waals surface area contributed by atoms with Crippen molar-refractivity contribution in [2.75, 3.05) is 11.5 Å². The maximum atomic E-state index is 12.2. The number of phenolic OH excluding ortho intramolecular Hbond substituents is 1.